The summed E-state index contributed by atoms with van der Waals surface area (Å²) in [5.41, 5.74) is 1.73. The van der Waals surface area contributed by atoms with Crippen LogP contribution in [-0.4, -0.2) is 48.4 Å². The number of ether oxygens (including phenoxy) is 2. The van der Waals surface area contributed by atoms with Crippen molar-refractivity contribution < 1.29 is 9.47 Å². The minimum absolute atomic E-state index is 0.566. The first-order chi connectivity index (χ1) is 11.8. The molecule has 1 saturated heterocycles. The lowest BCUT2D eigenvalue weighted by Crippen LogP contribution is -2.37. The third-order valence-electron chi connectivity index (χ3n) is 4.05. The van der Waals surface area contributed by atoms with Gasteiger partial charge in [0.2, 0.25) is 5.95 Å². The van der Waals surface area contributed by atoms with Crippen molar-refractivity contribution in [3.8, 4) is 5.75 Å². The maximum Gasteiger partial charge on any atom is 0.231 e. The average Bonchev–Trinajstić information content (AvgIpc) is 3.11. The molecule has 0 spiro atoms. The van der Waals surface area contributed by atoms with Gasteiger partial charge in [0.05, 0.1) is 25.7 Å². The van der Waals surface area contributed by atoms with Gasteiger partial charge in [-0.2, -0.15) is 9.97 Å². The minimum atomic E-state index is 0.566. The minimum Gasteiger partial charge on any atom is -0.497 e. The van der Waals surface area contributed by atoms with Crippen LogP contribution in [0.25, 0.3) is 11.0 Å². The highest BCUT2D eigenvalue weighted by Gasteiger charge is 2.18. The average molecular weight is 325 g/mol. The van der Waals surface area contributed by atoms with E-state index in [1.807, 2.05) is 36.5 Å². The van der Waals surface area contributed by atoms with Crippen LogP contribution in [0, 0.1) is 0 Å². The normalized spacial score (nSPS) is 14.8. The first-order valence-corrected chi connectivity index (χ1v) is 7.92. The third-order valence-corrected chi connectivity index (χ3v) is 4.05. The summed E-state index contributed by atoms with van der Waals surface area (Å²) in [6.07, 6.45) is 1.89. The molecule has 0 radical (unpaired) electrons. The Labute approximate surface area is 139 Å². The molecule has 0 bridgehead atoms. The number of hydrogen-bond donors (Lipinski definition) is 2. The standard InChI is InChI=1S/C17H19N5O2/c1-23-13-4-2-12(3-5-13)19-17-20-15-14(6-7-18-15)16(21-17)22-8-10-24-11-9-22/h2-7H,8-11H2,1H3,(H2,18,19,20,21). The number of benzene rings is 1. The predicted octanol–water partition coefficient (Wildman–Crippen LogP) is 2.55. The van der Waals surface area contributed by atoms with Crippen LogP contribution in [0.4, 0.5) is 17.5 Å². The van der Waals surface area contributed by atoms with E-state index in [1.165, 1.54) is 0 Å². The summed E-state index contributed by atoms with van der Waals surface area (Å²) in [7, 11) is 1.65. The maximum atomic E-state index is 5.44. The molecule has 0 atom stereocenters. The number of aromatic nitrogens is 3. The SMILES string of the molecule is COc1ccc(Nc2nc(N3CCOCC3)c3cc[nH]c3n2)cc1. The van der Waals surface area contributed by atoms with Crippen LogP contribution in [0.5, 0.6) is 5.75 Å². The summed E-state index contributed by atoms with van der Waals surface area (Å²) in [6, 6.07) is 9.69. The van der Waals surface area contributed by atoms with E-state index in [2.05, 4.69) is 20.2 Å². The van der Waals surface area contributed by atoms with Gasteiger partial charge >= 0.3 is 0 Å². The summed E-state index contributed by atoms with van der Waals surface area (Å²) in [5, 5.41) is 4.29. The van der Waals surface area contributed by atoms with E-state index in [1.54, 1.807) is 7.11 Å². The number of H-pyrrole nitrogens is 1. The number of nitrogens with zero attached hydrogens (tertiary/aromatic N) is 3. The molecule has 0 saturated carbocycles. The molecule has 0 amide bonds. The van der Waals surface area contributed by atoms with Gasteiger partial charge in [0.25, 0.3) is 0 Å². The summed E-state index contributed by atoms with van der Waals surface area (Å²) < 4.78 is 10.6. The number of aromatic amines is 1. The maximum absolute atomic E-state index is 5.44. The van der Waals surface area contributed by atoms with Crippen molar-refractivity contribution in [2.24, 2.45) is 0 Å². The van der Waals surface area contributed by atoms with Crippen LogP contribution in [0.2, 0.25) is 0 Å². The summed E-state index contributed by atoms with van der Waals surface area (Å²) in [4.78, 5) is 14.7. The van der Waals surface area contributed by atoms with Crippen molar-refractivity contribution in [2.45, 2.75) is 0 Å². The fourth-order valence-corrected chi connectivity index (χ4v) is 2.80. The third kappa shape index (κ3) is 2.85. The van der Waals surface area contributed by atoms with Gasteiger partial charge in [0, 0.05) is 25.0 Å². The fraction of sp³-hybridized carbons (Fsp3) is 0.294. The fourth-order valence-electron chi connectivity index (χ4n) is 2.80. The van der Waals surface area contributed by atoms with Gasteiger partial charge in [0.15, 0.2) is 0 Å². The molecule has 1 fully saturated rings. The molecule has 4 rings (SSSR count). The van der Waals surface area contributed by atoms with E-state index in [9.17, 15) is 0 Å². The predicted molar refractivity (Wildman–Crippen MR) is 93.2 cm³/mol. The molecule has 24 heavy (non-hydrogen) atoms. The number of morpholine rings is 1. The Hall–Kier alpha value is -2.80. The number of rotatable bonds is 4. The topological polar surface area (TPSA) is 75.3 Å². The number of anilines is 3. The number of hydrogen-bond acceptors (Lipinski definition) is 6. The summed E-state index contributed by atoms with van der Waals surface area (Å²) in [5.74, 6) is 2.31. The lowest BCUT2D eigenvalue weighted by Gasteiger charge is -2.28. The van der Waals surface area contributed by atoms with Gasteiger partial charge in [-0.3, -0.25) is 0 Å². The van der Waals surface area contributed by atoms with Gasteiger partial charge in [-0.1, -0.05) is 0 Å². The second kappa shape index (κ2) is 6.37. The lowest BCUT2D eigenvalue weighted by molar-refractivity contribution is 0.122. The molecule has 1 aliphatic heterocycles. The molecular formula is C17H19N5O2. The first-order valence-electron chi connectivity index (χ1n) is 7.92. The van der Waals surface area contributed by atoms with Crippen molar-refractivity contribution in [3.05, 3.63) is 36.5 Å². The zero-order valence-corrected chi connectivity index (χ0v) is 13.5. The van der Waals surface area contributed by atoms with Gasteiger partial charge in [0.1, 0.15) is 17.2 Å². The van der Waals surface area contributed by atoms with Gasteiger partial charge < -0.3 is 24.7 Å². The van der Waals surface area contributed by atoms with E-state index in [0.29, 0.717) is 5.95 Å². The Morgan fingerprint density at radius 2 is 1.92 bits per heavy atom. The number of fused-ring (bicyclic) bond motifs is 1. The van der Waals surface area contributed by atoms with Crippen LogP contribution >= 0.6 is 0 Å². The van der Waals surface area contributed by atoms with Gasteiger partial charge in [-0.05, 0) is 30.3 Å². The molecule has 1 aromatic carbocycles. The number of methoxy groups -OCH3 is 1. The quantitative estimate of drug-likeness (QED) is 0.768. The van der Waals surface area contributed by atoms with Crippen molar-refractivity contribution in [2.75, 3.05) is 43.6 Å². The van der Waals surface area contributed by atoms with Crippen molar-refractivity contribution in [1.82, 2.24) is 15.0 Å². The molecule has 3 heterocycles. The molecule has 0 aliphatic carbocycles. The molecule has 7 nitrogen and oxygen atoms in total. The molecule has 2 N–H and O–H groups in total. The molecule has 1 aliphatic rings. The Balaban J connectivity index is 1.67. The zero-order chi connectivity index (χ0) is 16.4. The second-order valence-corrected chi connectivity index (χ2v) is 5.56. The number of nitrogens with one attached hydrogen (secondary N) is 2. The van der Waals surface area contributed by atoms with E-state index < -0.39 is 0 Å². The summed E-state index contributed by atoms with van der Waals surface area (Å²) >= 11 is 0. The van der Waals surface area contributed by atoms with Crippen molar-refractivity contribution >= 4 is 28.5 Å². The smallest absolute Gasteiger partial charge is 0.231 e. The van der Waals surface area contributed by atoms with Crippen molar-refractivity contribution in [3.63, 3.8) is 0 Å². The van der Waals surface area contributed by atoms with Crippen LogP contribution in [0.1, 0.15) is 0 Å². The molecule has 7 heteroatoms. The highest BCUT2D eigenvalue weighted by molar-refractivity contribution is 5.89. The van der Waals surface area contributed by atoms with E-state index in [-0.39, 0.29) is 0 Å². The Morgan fingerprint density at radius 1 is 1.12 bits per heavy atom. The molecule has 2 aromatic heterocycles. The van der Waals surface area contributed by atoms with Gasteiger partial charge in [-0.25, -0.2) is 0 Å². The van der Waals surface area contributed by atoms with Crippen LogP contribution < -0.4 is 15.0 Å². The Bertz CT molecular complexity index is 825. The molecule has 3 aromatic rings. The van der Waals surface area contributed by atoms with E-state index >= 15 is 0 Å². The summed E-state index contributed by atoms with van der Waals surface area (Å²) in [6.45, 7) is 3.10. The Kier molecular flexibility index (Phi) is 3.92. The van der Waals surface area contributed by atoms with Crippen LogP contribution in [0.15, 0.2) is 36.5 Å². The zero-order valence-electron chi connectivity index (χ0n) is 13.5. The van der Waals surface area contributed by atoms with Crippen LogP contribution in [-0.2, 0) is 4.74 Å². The van der Waals surface area contributed by atoms with E-state index in [0.717, 1.165) is 54.6 Å². The molecule has 0 unspecified atom stereocenters. The van der Waals surface area contributed by atoms with Gasteiger partial charge in [-0.15, -0.1) is 0 Å². The molecular weight excluding hydrogens is 306 g/mol. The highest BCUT2D eigenvalue weighted by Crippen LogP contribution is 2.27. The van der Waals surface area contributed by atoms with E-state index in [4.69, 9.17) is 14.5 Å². The van der Waals surface area contributed by atoms with Crippen molar-refractivity contribution in [1.29, 1.82) is 0 Å². The molecule has 124 valence electrons. The first kappa shape index (κ1) is 14.8. The monoisotopic (exact) mass is 325 g/mol. The Morgan fingerprint density at radius 3 is 2.67 bits per heavy atom. The highest BCUT2D eigenvalue weighted by atomic mass is 16.5. The second-order valence-electron chi connectivity index (χ2n) is 5.56. The largest absolute Gasteiger partial charge is 0.497 e. The lowest BCUT2D eigenvalue weighted by atomic mass is 10.3. The van der Waals surface area contributed by atoms with Crippen LogP contribution in [0.3, 0.4) is 0 Å².